The molecule has 1 fully saturated rings. The topological polar surface area (TPSA) is 79.4 Å². The van der Waals surface area contributed by atoms with Crippen LogP contribution in [0.3, 0.4) is 0 Å². The number of hydrogen-bond donors (Lipinski definition) is 1. The molecule has 4 rings (SSSR count). The van der Waals surface area contributed by atoms with Gasteiger partial charge in [0.15, 0.2) is 0 Å². The summed E-state index contributed by atoms with van der Waals surface area (Å²) in [5, 5.41) is 7.71. The number of carbonyl (C=O) groups excluding carboxylic acids is 1. The Morgan fingerprint density at radius 1 is 1.23 bits per heavy atom. The van der Waals surface area contributed by atoms with Crippen molar-refractivity contribution in [3.05, 3.63) is 58.4 Å². The quantitative estimate of drug-likeness (QED) is 0.529. The second kappa shape index (κ2) is 9.41. The maximum atomic E-state index is 13.2. The Balaban J connectivity index is 1.43. The van der Waals surface area contributed by atoms with Crippen molar-refractivity contribution in [1.82, 2.24) is 14.6 Å². The monoisotopic (exact) mass is 493 g/mol. The zero-order valence-corrected chi connectivity index (χ0v) is 20.4. The molecular weight excluding hydrogens is 471 g/mol. The van der Waals surface area contributed by atoms with Gasteiger partial charge in [-0.3, -0.25) is 4.79 Å². The van der Waals surface area contributed by atoms with Crippen LogP contribution in [0.2, 0.25) is 0 Å². The number of sulfonamides is 1. The molecule has 1 aliphatic rings. The number of nitrogens with one attached hydrogen (secondary N) is 1. The third-order valence-electron chi connectivity index (χ3n) is 5.03. The van der Waals surface area contributed by atoms with Crippen LogP contribution >= 0.6 is 34.4 Å². The highest BCUT2D eigenvalue weighted by molar-refractivity contribution is 8.00. The van der Waals surface area contributed by atoms with Gasteiger partial charge in [0.25, 0.3) is 0 Å². The average molecular weight is 494 g/mol. The molecule has 3 aromatic rings. The second-order valence-corrected chi connectivity index (χ2v) is 12.2. The Kier molecular flexibility index (Phi) is 6.83. The highest BCUT2D eigenvalue weighted by atomic mass is 32.2. The van der Waals surface area contributed by atoms with Gasteiger partial charge in [-0.1, -0.05) is 32.0 Å². The fraction of sp³-hybridized carbons (Fsp3) is 0.333. The third kappa shape index (κ3) is 4.88. The van der Waals surface area contributed by atoms with Crippen LogP contribution in [-0.4, -0.2) is 41.3 Å². The molecule has 6 nitrogen and oxygen atoms in total. The number of aromatic nitrogens is 1. The predicted octanol–water partition coefficient (Wildman–Crippen LogP) is 4.38. The molecule has 3 heterocycles. The standard InChI is InChI=1S/C21H23N3O3S4/c1-14(2)15-5-7-17(8-6-15)31(26,27)24-13-28-12-18(24)20(25)22-10-16-11-30-21(23-16)19-4-3-9-29-19/h3-9,11,14,18H,10,12-13H2,1-2H3,(H,22,25). The first-order valence-corrected chi connectivity index (χ1v) is 14.2. The van der Waals surface area contributed by atoms with Gasteiger partial charge in [0.1, 0.15) is 11.0 Å². The third-order valence-corrected chi connectivity index (χ3v) is 10.0. The van der Waals surface area contributed by atoms with Gasteiger partial charge < -0.3 is 5.32 Å². The Bertz CT molecular complexity index is 1140. The van der Waals surface area contributed by atoms with Gasteiger partial charge in [-0.15, -0.1) is 34.4 Å². The minimum Gasteiger partial charge on any atom is -0.349 e. The molecule has 0 saturated carbocycles. The Labute approximate surface area is 194 Å². The zero-order valence-electron chi connectivity index (χ0n) is 17.1. The number of amides is 1. The number of thiophene rings is 1. The van der Waals surface area contributed by atoms with Gasteiger partial charge in [0.05, 0.1) is 27.9 Å². The van der Waals surface area contributed by atoms with Crippen molar-refractivity contribution < 1.29 is 13.2 Å². The number of thioether (sulfide) groups is 1. The molecule has 0 aliphatic carbocycles. The summed E-state index contributed by atoms with van der Waals surface area (Å²) in [5.74, 6) is 0.736. The highest BCUT2D eigenvalue weighted by Crippen LogP contribution is 2.30. The highest BCUT2D eigenvalue weighted by Gasteiger charge is 2.40. The Morgan fingerprint density at radius 2 is 2.00 bits per heavy atom. The Morgan fingerprint density at radius 3 is 2.68 bits per heavy atom. The average Bonchev–Trinajstić information content (AvgIpc) is 3.53. The molecular formula is C21H23N3O3S4. The molecule has 1 saturated heterocycles. The first-order chi connectivity index (χ1) is 14.9. The molecule has 164 valence electrons. The summed E-state index contributed by atoms with van der Waals surface area (Å²) in [6.45, 7) is 4.40. The van der Waals surface area contributed by atoms with Crippen molar-refractivity contribution >= 4 is 50.4 Å². The number of hydrogen-bond acceptors (Lipinski definition) is 7. The number of nitrogens with zero attached hydrogens (tertiary/aromatic N) is 2. The molecule has 0 spiro atoms. The predicted molar refractivity (Wildman–Crippen MR) is 128 cm³/mol. The normalized spacial score (nSPS) is 17.3. The molecule has 31 heavy (non-hydrogen) atoms. The minimum atomic E-state index is -3.74. The minimum absolute atomic E-state index is 0.220. The van der Waals surface area contributed by atoms with Crippen LogP contribution in [0.15, 0.2) is 52.1 Å². The number of carbonyl (C=O) groups is 1. The molecule has 1 unspecified atom stereocenters. The summed E-state index contributed by atoms with van der Waals surface area (Å²) < 4.78 is 27.6. The van der Waals surface area contributed by atoms with Crippen molar-refractivity contribution in [2.75, 3.05) is 11.6 Å². The van der Waals surface area contributed by atoms with Crippen molar-refractivity contribution in [1.29, 1.82) is 0 Å². The smallest absolute Gasteiger partial charge is 0.244 e. The first kappa shape index (κ1) is 22.5. The second-order valence-electron chi connectivity index (χ2n) is 7.47. The first-order valence-electron chi connectivity index (χ1n) is 9.82. The van der Waals surface area contributed by atoms with Crippen LogP contribution < -0.4 is 5.32 Å². The van der Waals surface area contributed by atoms with Gasteiger partial charge >= 0.3 is 0 Å². The summed E-state index contributed by atoms with van der Waals surface area (Å²) in [6.07, 6.45) is 0. The van der Waals surface area contributed by atoms with Crippen LogP contribution in [0.1, 0.15) is 31.0 Å². The molecule has 0 radical (unpaired) electrons. The number of rotatable bonds is 7. The van der Waals surface area contributed by atoms with Crippen LogP contribution in [0.4, 0.5) is 0 Å². The molecule has 1 N–H and O–H groups in total. The lowest BCUT2D eigenvalue weighted by molar-refractivity contribution is -0.124. The van der Waals surface area contributed by atoms with E-state index < -0.39 is 16.1 Å². The van der Waals surface area contributed by atoms with Crippen LogP contribution in [0.25, 0.3) is 9.88 Å². The van der Waals surface area contributed by atoms with E-state index in [1.165, 1.54) is 27.4 Å². The van der Waals surface area contributed by atoms with E-state index in [4.69, 9.17) is 0 Å². The fourth-order valence-electron chi connectivity index (χ4n) is 3.23. The van der Waals surface area contributed by atoms with Crippen LogP contribution in [-0.2, 0) is 21.4 Å². The van der Waals surface area contributed by atoms with Gasteiger partial charge in [-0.2, -0.15) is 4.31 Å². The van der Waals surface area contributed by atoms with Crippen molar-refractivity contribution in [3.8, 4) is 9.88 Å². The van der Waals surface area contributed by atoms with Gasteiger partial charge in [0, 0.05) is 11.1 Å². The van der Waals surface area contributed by atoms with E-state index in [1.54, 1.807) is 23.5 Å². The molecule has 1 atom stereocenters. The molecule has 0 bridgehead atoms. The molecule has 1 aromatic carbocycles. The molecule has 2 aromatic heterocycles. The number of thiazole rings is 1. The summed E-state index contributed by atoms with van der Waals surface area (Å²) in [5.41, 5.74) is 1.85. The van der Waals surface area contributed by atoms with Crippen molar-refractivity contribution in [2.24, 2.45) is 0 Å². The summed E-state index contributed by atoms with van der Waals surface area (Å²) in [4.78, 5) is 18.7. The van der Waals surface area contributed by atoms with E-state index in [1.807, 2.05) is 35.0 Å². The van der Waals surface area contributed by atoms with Crippen LogP contribution in [0.5, 0.6) is 0 Å². The lowest BCUT2D eigenvalue weighted by atomic mass is 10.0. The summed E-state index contributed by atoms with van der Waals surface area (Å²) in [7, 11) is -3.74. The van der Waals surface area contributed by atoms with Crippen LogP contribution in [0, 0.1) is 0 Å². The Hall–Kier alpha value is -1.72. The van der Waals surface area contributed by atoms with E-state index >= 15 is 0 Å². The molecule has 1 aliphatic heterocycles. The van der Waals surface area contributed by atoms with Crippen molar-refractivity contribution in [3.63, 3.8) is 0 Å². The molecule has 1 amide bonds. The van der Waals surface area contributed by atoms with Crippen molar-refractivity contribution in [2.45, 2.75) is 37.2 Å². The fourth-order valence-corrected chi connectivity index (χ4v) is 8.01. The lowest BCUT2D eigenvalue weighted by Crippen LogP contribution is -2.46. The lowest BCUT2D eigenvalue weighted by Gasteiger charge is -2.22. The van der Waals surface area contributed by atoms with E-state index in [9.17, 15) is 13.2 Å². The van der Waals surface area contributed by atoms with Gasteiger partial charge in [-0.25, -0.2) is 13.4 Å². The summed E-state index contributed by atoms with van der Waals surface area (Å²) >= 11 is 4.60. The van der Waals surface area contributed by atoms with Gasteiger partial charge in [0.2, 0.25) is 15.9 Å². The van der Waals surface area contributed by atoms with Gasteiger partial charge in [-0.05, 0) is 35.1 Å². The van der Waals surface area contributed by atoms with E-state index in [-0.39, 0.29) is 23.2 Å². The SMILES string of the molecule is CC(C)c1ccc(S(=O)(=O)N2CSCC2C(=O)NCc2csc(-c3cccs3)n2)cc1. The molecule has 10 heteroatoms. The van der Waals surface area contributed by atoms with E-state index in [0.717, 1.165) is 21.1 Å². The van der Waals surface area contributed by atoms with E-state index in [0.29, 0.717) is 11.7 Å². The zero-order chi connectivity index (χ0) is 22.0. The summed E-state index contributed by atoms with van der Waals surface area (Å²) in [6, 6.07) is 10.2. The maximum absolute atomic E-state index is 13.2. The number of benzene rings is 1. The largest absolute Gasteiger partial charge is 0.349 e. The maximum Gasteiger partial charge on any atom is 0.244 e. The van der Waals surface area contributed by atoms with E-state index in [2.05, 4.69) is 24.1 Å².